The summed E-state index contributed by atoms with van der Waals surface area (Å²) in [5, 5.41) is 0. The lowest BCUT2D eigenvalue weighted by Gasteiger charge is -2.08. The van der Waals surface area contributed by atoms with Gasteiger partial charge in [0, 0.05) is 22.4 Å². The number of carbonyl (C=O) groups excluding carboxylic acids is 2. The fourth-order valence-corrected chi connectivity index (χ4v) is 2.84. The largest absolute Gasteiger partial charge is 0.321 e. The van der Waals surface area contributed by atoms with E-state index in [1.54, 1.807) is 30.8 Å². The quantitative estimate of drug-likeness (QED) is 0.817. The van der Waals surface area contributed by atoms with Crippen LogP contribution in [0.1, 0.15) is 40.5 Å². The first kappa shape index (κ1) is 12.3. The van der Waals surface area contributed by atoms with Crippen LogP contribution < -0.4 is 5.73 Å². The minimum absolute atomic E-state index is 0.116. The first-order valence-corrected chi connectivity index (χ1v) is 6.68. The number of rotatable bonds is 2. The molecule has 0 fully saturated rings. The number of benzene rings is 1. The molecule has 0 saturated heterocycles. The van der Waals surface area contributed by atoms with Gasteiger partial charge in [-0.05, 0) is 31.2 Å². The van der Waals surface area contributed by atoms with E-state index in [1.165, 1.54) is 0 Å². The van der Waals surface area contributed by atoms with Gasteiger partial charge in [-0.2, -0.15) is 0 Å². The molecule has 1 aliphatic heterocycles. The highest BCUT2D eigenvalue weighted by atomic mass is 32.2. The van der Waals surface area contributed by atoms with Crippen molar-refractivity contribution >= 4 is 23.3 Å². The Morgan fingerprint density at radius 3 is 2.94 bits per heavy atom. The summed E-state index contributed by atoms with van der Waals surface area (Å²) < 4.78 is 0. The lowest BCUT2D eigenvalue weighted by Crippen LogP contribution is -2.26. The zero-order valence-electron chi connectivity index (χ0n) is 9.73. The smallest absolute Gasteiger partial charge is 0.179 e. The van der Waals surface area contributed by atoms with Crippen molar-refractivity contribution in [3.63, 3.8) is 0 Å². The standard InChI is InChI=1S/C13H15NO2S/c1-8(14)13(16)9-4-5-12-10(7-9)11(15)3-2-6-17-12/h4-5,7-8H,2-3,6,14H2,1H3. The molecule has 2 rings (SSSR count). The van der Waals surface area contributed by atoms with Crippen molar-refractivity contribution in [1.29, 1.82) is 0 Å². The molecular formula is C13H15NO2S. The molecule has 0 aromatic heterocycles. The highest BCUT2D eigenvalue weighted by Gasteiger charge is 2.19. The van der Waals surface area contributed by atoms with Gasteiger partial charge in [0.1, 0.15) is 0 Å². The SMILES string of the molecule is CC(N)C(=O)c1ccc2c(c1)C(=O)CCCS2. The Morgan fingerprint density at radius 1 is 1.47 bits per heavy atom. The maximum atomic E-state index is 11.9. The van der Waals surface area contributed by atoms with E-state index in [1.807, 2.05) is 6.07 Å². The van der Waals surface area contributed by atoms with Gasteiger partial charge in [-0.1, -0.05) is 6.07 Å². The van der Waals surface area contributed by atoms with E-state index in [0.717, 1.165) is 17.1 Å². The van der Waals surface area contributed by atoms with Crippen LogP contribution in [0.4, 0.5) is 0 Å². The molecule has 4 heteroatoms. The first-order chi connectivity index (χ1) is 8.09. The van der Waals surface area contributed by atoms with Gasteiger partial charge in [0.2, 0.25) is 0 Å². The van der Waals surface area contributed by atoms with Crippen LogP contribution in [-0.2, 0) is 0 Å². The van der Waals surface area contributed by atoms with E-state index in [4.69, 9.17) is 5.73 Å². The zero-order chi connectivity index (χ0) is 12.4. The van der Waals surface area contributed by atoms with E-state index in [0.29, 0.717) is 17.5 Å². The van der Waals surface area contributed by atoms with Crippen molar-refractivity contribution in [3.8, 4) is 0 Å². The Hall–Kier alpha value is -1.13. The number of hydrogen-bond donors (Lipinski definition) is 1. The molecular weight excluding hydrogens is 234 g/mol. The molecule has 2 N–H and O–H groups in total. The highest BCUT2D eigenvalue weighted by Crippen LogP contribution is 2.29. The van der Waals surface area contributed by atoms with Crippen LogP contribution in [0.15, 0.2) is 23.1 Å². The third-order valence-corrected chi connectivity index (χ3v) is 3.94. The Labute approximate surface area is 105 Å². The summed E-state index contributed by atoms with van der Waals surface area (Å²) in [4.78, 5) is 24.7. The molecule has 90 valence electrons. The van der Waals surface area contributed by atoms with Gasteiger partial charge < -0.3 is 5.73 Å². The van der Waals surface area contributed by atoms with Crippen molar-refractivity contribution in [1.82, 2.24) is 0 Å². The monoisotopic (exact) mass is 249 g/mol. The minimum Gasteiger partial charge on any atom is -0.321 e. The normalized spacial score (nSPS) is 17.2. The molecule has 0 aliphatic carbocycles. The zero-order valence-corrected chi connectivity index (χ0v) is 10.5. The van der Waals surface area contributed by atoms with Crippen LogP contribution in [0.25, 0.3) is 0 Å². The van der Waals surface area contributed by atoms with E-state index in [9.17, 15) is 9.59 Å². The van der Waals surface area contributed by atoms with E-state index < -0.39 is 6.04 Å². The lowest BCUT2D eigenvalue weighted by molar-refractivity contribution is 0.0968. The van der Waals surface area contributed by atoms with Crippen LogP contribution in [-0.4, -0.2) is 23.4 Å². The predicted octanol–water partition coefficient (Wildman–Crippen LogP) is 2.29. The first-order valence-electron chi connectivity index (χ1n) is 5.69. The van der Waals surface area contributed by atoms with Crippen molar-refractivity contribution in [2.75, 3.05) is 5.75 Å². The van der Waals surface area contributed by atoms with Gasteiger partial charge in [0.15, 0.2) is 11.6 Å². The van der Waals surface area contributed by atoms with Gasteiger partial charge in [-0.3, -0.25) is 9.59 Å². The van der Waals surface area contributed by atoms with Gasteiger partial charge in [0.25, 0.3) is 0 Å². The number of thioether (sulfide) groups is 1. The molecule has 3 nitrogen and oxygen atoms in total. The minimum atomic E-state index is -0.526. The molecule has 0 radical (unpaired) electrons. The van der Waals surface area contributed by atoms with Crippen molar-refractivity contribution in [3.05, 3.63) is 29.3 Å². The molecule has 1 aromatic carbocycles. The van der Waals surface area contributed by atoms with Crippen LogP contribution in [0, 0.1) is 0 Å². The highest BCUT2D eigenvalue weighted by molar-refractivity contribution is 7.99. The van der Waals surface area contributed by atoms with Crippen LogP contribution >= 0.6 is 11.8 Å². The van der Waals surface area contributed by atoms with Crippen molar-refractivity contribution in [2.24, 2.45) is 5.73 Å². The molecule has 1 aliphatic rings. The predicted molar refractivity (Wildman–Crippen MR) is 68.7 cm³/mol. The summed E-state index contributed by atoms with van der Waals surface area (Å²) in [6, 6.07) is 4.79. The number of nitrogens with two attached hydrogens (primary N) is 1. The molecule has 1 heterocycles. The topological polar surface area (TPSA) is 60.2 Å². The summed E-state index contributed by atoms with van der Waals surface area (Å²) >= 11 is 1.68. The average Bonchev–Trinajstić information content (AvgIpc) is 2.50. The summed E-state index contributed by atoms with van der Waals surface area (Å²) in [6.45, 7) is 1.66. The van der Waals surface area contributed by atoms with Crippen LogP contribution in [0.5, 0.6) is 0 Å². The van der Waals surface area contributed by atoms with Gasteiger partial charge in [-0.25, -0.2) is 0 Å². The molecule has 0 saturated carbocycles. The Balaban J connectivity index is 2.41. The second kappa shape index (κ2) is 5.02. The van der Waals surface area contributed by atoms with Crippen LogP contribution in [0.3, 0.4) is 0 Å². The molecule has 1 unspecified atom stereocenters. The summed E-state index contributed by atoms with van der Waals surface area (Å²) in [5.74, 6) is 0.971. The van der Waals surface area contributed by atoms with Gasteiger partial charge in [0.05, 0.1) is 6.04 Å². The second-order valence-corrected chi connectivity index (χ2v) is 5.38. The van der Waals surface area contributed by atoms with Crippen molar-refractivity contribution in [2.45, 2.75) is 30.7 Å². The Kier molecular flexibility index (Phi) is 3.64. The molecule has 1 aromatic rings. The summed E-state index contributed by atoms with van der Waals surface area (Å²) in [7, 11) is 0. The Morgan fingerprint density at radius 2 is 2.24 bits per heavy atom. The fraction of sp³-hybridized carbons (Fsp3) is 0.385. The van der Waals surface area contributed by atoms with E-state index in [-0.39, 0.29) is 11.6 Å². The number of fused-ring (bicyclic) bond motifs is 1. The van der Waals surface area contributed by atoms with Crippen LogP contribution in [0.2, 0.25) is 0 Å². The summed E-state index contributed by atoms with van der Waals surface area (Å²) in [6.07, 6.45) is 1.46. The molecule has 0 bridgehead atoms. The Bertz CT molecular complexity index is 468. The maximum absolute atomic E-state index is 11.9. The summed E-state index contributed by atoms with van der Waals surface area (Å²) in [5.41, 5.74) is 6.79. The number of carbonyl (C=O) groups is 2. The second-order valence-electron chi connectivity index (χ2n) is 4.24. The van der Waals surface area contributed by atoms with Crippen molar-refractivity contribution < 1.29 is 9.59 Å². The third kappa shape index (κ3) is 2.58. The van der Waals surface area contributed by atoms with E-state index >= 15 is 0 Å². The lowest BCUT2D eigenvalue weighted by atomic mass is 10.00. The number of ketones is 2. The molecule has 17 heavy (non-hydrogen) atoms. The molecule has 0 spiro atoms. The van der Waals surface area contributed by atoms with Gasteiger partial charge in [-0.15, -0.1) is 11.8 Å². The molecule has 0 amide bonds. The third-order valence-electron chi connectivity index (χ3n) is 2.78. The average molecular weight is 249 g/mol. The fourth-order valence-electron chi connectivity index (χ4n) is 1.84. The number of hydrogen-bond acceptors (Lipinski definition) is 4. The maximum Gasteiger partial charge on any atom is 0.179 e. The molecule has 1 atom stereocenters. The number of Topliss-reactive ketones (excluding diaryl/α,β-unsaturated/α-hetero) is 2. The van der Waals surface area contributed by atoms with E-state index in [2.05, 4.69) is 0 Å². The van der Waals surface area contributed by atoms with Gasteiger partial charge >= 0.3 is 0 Å².